The largest absolute Gasteiger partial charge is 0.312 e. The van der Waals surface area contributed by atoms with E-state index in [1.165, 1.54) is 0 Å². The van der Waals surface area contributed by atoms with E-state index in [1.54, 1.807) is 32.9 Å². The van der Waals surface area contributed by atoms with Crippen molar-refractivity contribution in [1.29, 1.82) is 0 Å². The number of aryl methyl sites for hydroxylation is 2. The van der Waals surface area contributed by atoms with E-state index in [-0.39, 0.29) is 17.3 Å². The fraction of sp³-hybridized carbons (Fsp3) is 0.538. The minimum atomic E-state index is -2.92. The Morgan fingerprint density at radius 2 is 1.78 bits per heavy atom. The minimum absolute atomic E-state index is 0.142. The predicted molar refractivity (Wildman–Crippen MR) is 71.9 cm³/mol. The van der Waals surface area contributed by atoms with Crippen molar-refractivity contribution in [3.8, 4) is 0 Å². The number of nitrogens with one attached hydrogen (secondary N) is 1. The zero-order valence-corrected chi connectivity index (χ0v) is 11.9. The molecular weight excluding hydrogens is 253 g/mol. The third-order valence-electron chi connectivity index (χ3n) is 2.86. The molecule has 1 aromatic rings. The van der Waals surface area contributed by atoms with E-state index in [2.05, 4.69) is 5.32 Å². The van der Waals surface area contributed by atoms with Gasteiger partial charge in [-0.2, -0.15) is 0 Å². The molecule has 0 aliphatic carbocycles. The van der Waals surface area contributed by atoms with Crippen LogP contribution in [0.1, 0.15) is 23.6 Å². The number of hydrogen-bond acceptors (Lipinski definition) is 3. The molecular formula is C13H20FNO2S. The predicted octanol–water partition coefficient (Wildman–Crippen LogP) is 1.97. The maximum atomic E-state index is 13.4. The van der Waals surface area contributed by atoms with Gasteiger partial charge in [-0.05, 0) is 30.5 Å². The second-order valence-electron chi connectivity index (χ2n) is 4.46. The van der Waals surface area contributed by atoms with Gasteiger partial charge in [-0.1, -0.05) is 19.1 Å². The Hall–Kier alpha value is -0.940. The van der Waals surface area contributed by atoms with Crippen molar-refractivity contribution in [2.45, 2.75) is 27.3 Å². The first-order chi connectivity index (χ1) is 8.35. The number of halogens is 1. The highest BCUT2D eigenvalue weighted by Gasteiger charge is 2.07. The van der Waals surface area contributed by atoms with Crippen LogP contribution in [-0.4, -0.2) is 26.5 Å². The van der Waals surface area contributed by atoms with E-state index < -0.39 is 9.84 Å². The van der Waals surface area contributed by atoms with Gasteiger partial charge in [-0.15, -0.1) is 0 Å². The highest BCUT2D eigenvalue weighted by molar-refractivity contribution is 7.91. The summed E-state index contributed by atoms with van der Waals surface area (Å²) in [7, 11) is -2.92. The smallest absolute Gasteiger partial charge is 0.151 e. The van der Waals surface area contributed by atoms with Crippen molar-refractivity contribution in [3.05, 3.63) is 34.6 Å². The molecule has 0 spiro atoms. The van der Waals surface area contributed by atoms with Gasteiger partial charge in [0.1, 0.15) is 5.82 Å². The van der Waals surface area contributed by atoms with Gasteiger partial charge >= 0.3 is 0 Å². The molecule has 3 nitrogen and oxygen atoms in total. The summed E-state index contributed by atoms with van der Waals surface area (Å²) in [5.74, 6) is 0.138. The SMILES string of the molecule is CCS(=O)(=O)CCNCc1cc(C)c(F)c(C)c1. The first-order valence-corrected chi connectivity index (χ1v) is 7.84. The summed E-state index contributed by atoms with van der Waals surface area (Å²) in [6.45, 7) is 6.08. The lowest BCUT2D eigenvalue weighted by Crippen LogP contribution is -2.23. The molecule has 0 heterocycles. The Labute approximate surface area is 108 Å². The molecule has 0 saturated heterocycles. The van der Waals surface area contributed by atoms with Crippen molar-refractivity contribution in [3.63, 3.8) is 0 Å². The normalized spacial score (nSPS) is 11.8. The molecule has 5 heteroatoms. The Balaban J connectivity index is 2.50. The van der Waals surface area contributed by atoms with Crippen molar-refractivity contribution in [2.75, 3.05) is 18.1 Å². The van der Waals surface area contributed by atoms with Crippen LogP contribution in [-0.2, 0) is 16.4 Å². The number of sulfone groups is 1. The Morgan fingerprint density at radius 3 is 2.28 bits per heavy atom. The molecule has 102 valence electrons. The first-order valence-electron chi connectivity index (χ1n) is 6.02. The van der Waals surface area contributed by atoms with Crippen molar-refractivity contribution in [2.24, 2.45) is 0 Å². The van der Waals surface area contributed by atoms with Crippen LogP contribution in [0.3, 0.4) is 0 Å². The molecule has 0 radical (unpaired) electrons. The molecule has 0 amide bonds. The molecule has 0 bridgehead atoms. The monoisotopic (exact) mass is 273 g/mol. The van der Waals surface area contributed by atoms with Crippen LogP contribution >= 0.6 is 0 Å². The van der Waals surface area contributed by atoms with Gasteiger partial charge in [-0.25, -0.2) is 12.8 Å². The summed E-state index contributed by atoms with van der Waals surface area (Å²) in [6, 6.07) is 3.56. The summed E-state index contributed by atoms with van der Waals surface area (Å²) in [4.78, 5) is 0. The maximum absolute atomic E-state index is 13.4. The van der Waals surface area contributed by atoms with Crippen LogP contribution in [0.4, 0.5) is 4.39 Å². The van der Waals surface area contributed by atoms with Crippen LogP contribution in [0.2, 0.25) is 0 Å². The molecule has 0 fully saturated rings. The highest BCUT2D eigenvalue weighted by Crippen LogP contribution is 2.14. The lowest BCUT2D eigenvalue weighted by molar-refractivity contribution is 0.591. The van der Waals surface area contributed by atoms with Crippen molar-refractivity contribution >= 4 is 9.84 Å². The molecule has 1 N–H and O–H groups in total. The van der Waals surface area contributed by atoms with Gasteiger partial charge in [0.2, 0.25) is 0 Å². The lowest BCUT2D eigenvalue weighted by Gasteiger charge is -2.08. The number of rotatable bonds is 6. The second-order valence-corrected chi connectivity index (χ2v) is 6.93. The number of benzene rings is 1. The summed E-state index contributed by atoms with van der Waals surface area (Å²) >= 11 is 0. The summed E-state index contributed by atoms with van der Waals surface area (Å²) in [5, 5.41) is 3.06. The topological polar surface area (TPSA) is 46.2 Å². The standard InChI is InChI=1S/C13H20FNO2S/c1-4-18(16,17)6-5-15-9-12-7-10(2)13(14)11(3)8-12/h7-8,15H,4-6,9H2,1-3H3. The third kappa shape index (κ3) is 4.38. The van der Waals surface area contributed by atoms with Gasteiger partial charge < -0.3 is 5.32 Å². The van der Waals surface area contributed by atoms with E-state index in [0.29, 0.717) is 24.2 Å². The van der Waals surface area contributed by atoms with E-state index in [1.807, 2.05) is 0 Å². The van der Waals surface area contributed by atoms with Crippen LogP contribution in [0.5, 0.6) is 0 Å². The summed E-state index contributed by atoms with van der Waals surface area (Å²) in [5.41, 5.74) is 2.21. The molecule has 1 rings (SSSR count). The molecule has 0 unspecified atom stereocenters. The van der Waals surface area contributed by atoms with Gasteiger partial charge in [-0.3, -0.25) is 0 Å². The Morgan fingerprint density at radius 1 is 1.22 bits per heavy atom. The molecule has 0 aliphatic rings. The van der Waals surface area contributed by atoms with Crippen LogP contribution < -0.4 is 5.32 Å². The maximum Gasteiger partial charge on any atom is 0.151 e. The molecule has 18 heavy (non-hydrogen) atoms. The molecule has 0 aliphatic heterocycles. The zero-order valence-electron chi connectivity index (χ0n) is 11.1. The minimum Gasteiger partial charge on any atom is -0.312 e. The van der Waals surface area contributed by atoms with E-state index in [4.69, 9.17) is 0 Å². The summed E-state index contributed by atoms with van der Waals surface area (Å²) < 4.78 is 35.9. The molecule has 0 saturated carbocycles. The van der Waals surface area contributed by atoms with Crippen molar-refractivity contribution in [1.82, 2.24) is 5.32 Å². The van der Waals surface area contributed by atoms with Gasteiger partial charge in [0.15, 0.2) is 9.84 Å². The average Bonchev–Trinajstić information content (AvgIpc) is 2.31. The fourth-order valence-electron chi connectivity index (χ4n) is 1.74. The number of hydrogen-bond donors (Lipinski definition) is 1. The van der Waals surface area contributed by atoms with Gasteiger partial charge in [0.25, 0.3) is 0 Å². The fourth-order valence-corrected chi connectivity index (χ4v) is 2.49. The van der Waals surface area contributed by atoms with Gasteiger partial charge in [0.05, 0.1) is 5.75 Å². The molecule has 0 aromatic heterocycles. The van der Waals surface area contributed by atoms with Crippen LogP contribution in [0.15, 0.2) is 12.1 Å². The van der Waals surface area contributed by atoms with E-state index >= 15 is 0 Å². The zero-order chi connectivity index (χ0) is 13.8. The molecule has 1 aromatic carbocycles. The van der Waals surface area contributed by atoms with Gasteiger partial charge in [0, 0.05) is 18.8 Å². The third-order valence-corrected chi connectivity index (χ3v) is 4.56. The van der Waals surface area contributed by atoms with E-state index in [9.17, 15) is 12.8 Å². The average molecular weight is 273 g/mol. The first kappa shape index (κ1) is 15.1. The Kier molecular flexibility index (Phi) is 5.28. The second kappa shape index (κ2) is 6.29. The quantitative estimate of drug-likeness (QED) is 0.806. The highest BCUT2D eigenvalue weighted by atomic mass is 32.2. The molecule has 0 atom stereocenters. The van der Waals surface area contributed by atoms with Crippen LogP contribution in [0.25, 0.3) is 0 Å². The summed E-state index contributed by atoms with van der Waals surface area (Å²) in [6.07, 6.45) is 0. The van der Waals surface area contributed by atoms with E-state index in [0.717, 1.165) is 5.56 Å². The Bertz CT molecular complexity index is 489. The van der Waals surface area contributed by atoms with Crippen molar-refractivity contribution < 1.29 is 12.8 Å². The lowest BCUT2D eigenvalue weighted by atomic mass is 10.1. The van der Waals surface area contributed by atoms with Crippen LogP contribution in [0, 0.1) is 19.7 Å².